The third-order valence-corrected chi connectivity index (χ3v) is 5.22. The number of hydrogen-bond acceptors (Lipinski definition) is 4. The molecular formula is C18H20N2O2S. The molecule has 1 fully saturated rings. The van der Waals surface area contributed by atoms with E-state index in [4.69, 9.17) is 0 Å². The zero-order valence-electron chi connectivity index (χ0n) is 13.1. The fraction of sp³-hybridized carbons (Fsp3) is 0.333. The van der Waals surface area contributed by atoms with Crippen LogP contribution in [0, 0.1) is 0 Å². The fourth-order valence-electron chi connectivity index (χ4n) is 2.84. The van der Waals surface area contributed by atoms with Crippen LogP contribution < -0.4 is 5.32 Å². The second-order valence-electron chi connectivity index (χ2n) is 5.90. The molecule has 1 aromatic heterocycles. The lowest BCUT2D eigenvalue weighted by atomic mass is 10.2. The van der Waals surface area contributed by atoms with E-state index in [9.17, 15) is 9.59 Å². The van der Waals surface area contributed by atoms with Gasteiger partial charge < -0.3 is 5.32 Å². The topological polar surface area (TPSA) is 49.4 Å². The Labute approximate surface area is 140 Å². The van der Waals surface area contributed by atoms with Crippen molar-refractivity contribution in [1.82, 2.24) is 10.2 Å². The zero-order chi connectivity index (χ0) is 16.2. The van der Waals surface area contributed by atoms with E-state index >= 15 is 0 Å². The number of nitrogens with zero attached hydrogens (tertiary/aromatic N) is 1. The molecule has 3 rings (SSSR count). The number of benzene rings is 1. The number of ketones is 1. The van der Waals surface area contributed by atoms with Gasteiger partial charge in [-0.05, 0) is 31.0 Å². The Morgan fingerprint density at radius 1 is 1.17 bits per heavy atom. The van der Waals surface area contributed by atoms with Gasteiger partial charge in [0.2, 0.25) is 0 Å². The lowest BCUT2D eigenvalue weighted by Crippen LogP contribution is -2.36. The van der Waals surface area contributed by atoms with Crippen molar-refractivity contribution in [2.24, 2.45) is 0 Å². The predicted octanol–water partition coefficient (Wildman–Crippen LogP) is 2.96. The molecule has 0 radical (unpaired) electrons. The molecule has 1 aliphatic heterocycles. The van der Waals surface area contributed by atoms with Gasteiger partial charge in [-0.2, -0.15) is 0 Å². The summed E-state index contributed by atoms with van der Waals surface area (Å²) in [5, 5.41) is 3.08. The van der Waals surface area contributed by atoms with E-state index < -0.39 is 0 Å². The van der Waals surface area contributed by atoms with Crippen LogP contribution in [0.2, 0.25) is 0 Å². The molecule has 0 spiro atoms. The summed E-state index contributed by atoms with van der Waals surface area (Å²) >= 11 is 1.26. The molecule has 2 heterocycles. The van der Waals surface area contributed by atoms with Crippen molar-refractivity contribution in [1.29, 1.82) is 0 Å². The summed E-state index contributed by atoms with van der Waals surface area (Å²) < 4.78 is 0. The first kappa shape index (κ1) is 15.9. The number of rotatable bonds is 5. The summed E-state index contributed by atoms with van der Waals surface area (Å²) in [4.78, 5) is 27.2. The normalized spacial score (nSPS) is 18.0. The number of carbonyl (C=O) groups is 2. The van der Waals surface area contributed by atoms with E-state index in [0.29, 0.717) is 9.75 Å². The SMILES string of the molecule is CC(=O)c1ccc(C(=O)NC2CCN(Cc3ccccc3)C2)s1. The van der Waals surface area contributed by atoms with Crippen molar-refractivity contribution in [2.45, 2.75) is 25.9 Å². The third kappa shape index (κ3) is 4.06. The van der Waals surface area contributed by atoms with Crippen LogP contribution in [0.1, 0.15) is 38.3 Å². The van der Waals surface area contributed by atoms with Gasteiger partial charge in [0, 0.05) is 25.7 Å². The highest BCUT2D eigenvalue weighted by atomic mass is 32.1. The molecule has 5 heteroatoms. The van der Waals surface area contributed by atoms with Crippen molar-refractivity contribution in [3.05, 3.63) is 57.8 Å². The Kier molecular flexibility index (Phi) is 4.88. The molecule has 0 aliphatic carbocycles. The highest BCUT2D eigenvalue weighted by Crippen LogP contribution is 2.18. The maximum atomic E-state index is 12.3. The monoisotopic (exact) mass is 328 g/mol. The van der Waals surface area contributed by atoms with Gasteiger partial charge in [0.1, 0.15) is 0 Å². The minimum absolute atomic E-state index is 0.00366. The summed E-state index contributed by atoms with van der Waals surface area (Å²) in [6.07, 6.45) is 0.962. The van der Waals surface area contributed by atoms with Crippen LogP contribution in [0.4, 0.5) is 0 Å². The van der Waals surface area contributed by atoms with Gasteiger partial charge in [-0.25, -0.2) is 0 Å². The van der Waals surface area contributed by atoms with E-state index in [1.54, 1.807) is 12.1 Å². The second-order valence-corrected chi connectivity index (χ2v) is 6.98. The van der Waals surface area contributed by atoms with Crippen LogP contribution in [-0.4, -0.2) is 35.7 Å². The van der Waals surface area contributed by atoms with Crippen LogP contribution in [0.15, 0.2) is 42.5 Å². The lowest BCUT2D eigenvalue weighted by Gasteiger charge is -2.16. The minimum Gasteiger partial charge on any atom is -0.347 e. The first-order valence-electron chi connectivity index (χ1n) is 7.80. The molecule has 2 aromatic rings. The number of carbonyl (C=O) groups excluding carboxylic acids is 2. The van der Waals surface area contributed by atoms with Crippen molar-refractivity contribution in [2.75, 3.05) is 13.1 Å². The number of nitrogens with one attached hydrogen (secondary N) is 1. The maximum Gasteiger partial charge on any atom is 0.261 e. The molecule has 0 bridgehead atoms. The highest BCUT2D eigenvalue weighted by Gasteiger charge is 2.24. The Balaban J connectivity index is 1.53. The van der Waals surface area contributed by atoms with Crippen LogP contribution in [0.5, 0.6) is 0 Å². The predicted molar refractivity (Wildman–Crippen MR) is 91.9 cm³/mol. The number of likely N-dealkylation sites (tertiary alicyclic amines) is 1. The van der Waals surface area contributed by atoms with Gasteiger partial charge in [-0.1, -0.05) is 30.3 Å². The first-order valence-corrected chi connectivity index (χ1v) is 8.61. The molecule has 120 valence electrons. The maximum absolute atomic E-state index is 12.3. The largest absolute Gasteiger partial charge is 0.347 e. The van der Waals surface area contributed by atoms with E-state index in [1.165, 1.54) is 23.8 Å². The fourth-order valence-corrected chi connectivity index (χ4v) is 3.65. The van der Waals surface area contributed by atoms with Gasteiger partial charge >= 0.3 is 0 Å². The van der Waals surface area contributed by atoms with E-state index in [2.05, 4.69) is 22.3 Å². The van der Waals surface area contributed by atoms with Crippen LogP contribution in [-0.2, 0) is 6.54 Å². The number of amides is 1. The van der Waals surface area contributed by atoms with E-state index in [-0.39, 0.29) is 17.7 Å². The molecule has 1 amide bonds. The zero-order valence-corrected chi connectivity index (χ0v) is 13.9. The standard InChI is InChI=1S/C18H20N2O2S/c1-13(21)16-7-8-17(23-16)18(22)19-15-9-10-20(12-15)11-14-5-3-2-4-6-14/h2-8,15H,9-12H2,1H3,(H,19,22). The Bertz CT molecular complexity index is 696. The smallest absolute Gasteiger partial charge is 0.261 e. The average Bonchev–Trinajstić information content (AvgIpc) is 3.18. The Morgan fingerprint density at radius 2 is 1.91 bits per heavy atom. The molecule has 1 aliphatic rings. The quantitative estimate of drug-likeness (QED) is 0.859. The third-order valence-electron chi connectivity index (χ3n) is 4.03. The van der Waals surface area contributed by atoms with Crippen molar-refractivity contribution >= 4 is 23.0 Å². The first-order chi connectivity index (χ1) is 11.1. The molecule has 4 nitrogen and oxygen atoms in total. The van der Waals surface area contributed by atoms with Crippen LogP contribution in [0.3, 0.4) is 0 Å². The van der Waals surface area contributed by atoms with Gasteiger partial charge in [-0.15, -0.1) is 11.3 Å². The molecule has 23 heavy (non-hydrogen) atoms. The van der Waals surface area contributed by atoms with Gasteiger partial charge in [-0.3, -0.25) is 14.5 Å². The number of Topliss-reactive ketones (excluding diaryl/α,β-unsaturated/α-hetero) is 1. The summed E-state index contributed by atoms with van der Waals surface area (Å²) in [5.41, 5.74) is 1.30. The highest BCUT2D eigenvalue weighted by molar-refractivity contribution is 7.15. The Morgan fingerprint density at radius 3 is 2.61 bits per heavy atom. The van der Waals surface area contributed by atoms with E-state index in [1.807, 2.05) is 18.2 Å². The van der Waals surface area contributed by atoms with Crippen LogP contribution in [0.25, 0.3) is 0 Å². The summed E-state index contributed by atoms with van der Waals surface area (Å²) in [7, 11) is 0. The summed E-state index contributed by atoms with van der Waals surface area (Å²) in [5.74, 6) is -0.0713. The molecule has 0 saturated carbocycles. The minimum atomic E-state index is -0.0749. The molecule has 1 unspecified atom stereocenters. The Hall–Kier alpha value is -1.98. The average molecular weight is 328 g/mol. The molecule has 1 saturated heterocycles. The molecule has 1 atom stereocenters. The second kappa shape index (κ2) is 7.06. The molecule has 1 aromatic carbocycles. The van der Waals surface area contributed by atoms with Crippen LogP contribution >= 0.6 is 11.3 Å². The lowest BCUT2D eigenvalue weighted by molar-refractivity contribution is 0.0941. The molecule has 1 N–H and O–H groups in total. The van der Waals surface area contributed by atoms with Crippen molar-refractivity contribution in [3.63, 3.8) is 0 Å². The van der Waals surface area contributed by atoms with Crippen molar-refractivity contribution in [3.8, 4) is 0 Å². The summed E-state index contributed by atoms with van der Waals surface area (Å²) in [6.45, 7) is 4.29. The van der Waals surface area contributed by atoms with E-state index in [0.717, 1.165) is 26.1 Å². The van der Waals surface area contributed by atoms with Gasteiger partial charge in [0.05, 0.1) is 9.75 Å². The van der Waals surface area contributed by atoms with Gasteiger partial charge in [0.25, 0.3) is 5.91 Å². The number of thiophene rings is 1. The van der Waals surface area contributed by atoms with Crippen molar-refractivity contribution < 1.29 is 9.59 Å². The van der Waals surface area contributed by atoms with Gasteiger partial charge in [0.15, 0.2) is 5.78 Å². The number of hydrogen-bond donors (Lipinski definition) is 1. The molecular weight excluding hydrogens is 308 g/mol. The summed E-state index contributed by atoms with van der Waals surface area (Å²) in [6, 6.07) is 14.0.